The van der Waals surface area contributed by atoms with Gasteiger partial charge in [-0.05, 0) is 30.7 Å². The number of hydrogen-bond acceptors (Lipinski definition) is 3. The lowest BCUT2D eigenvalue weighted by atomic mass is 10.0. The molecule has 0 aliphatic heterocycles. The van der Waals surface area contributed by atoms with Crippen molar-refractivity contribution in [3.63, 3.8) is 0 Å². The number of unbranched alkanes of at least 4 members (excludes halogenated alkanes) is 13. The largest absolute Gasteiger partial charge is 0.478 e. The maximum atomic E-state index is 11.1. The van der Waals surface area contributed by atoms with E-state index in [1.54, 1.807) is 36.4 Å². The van der Waals surface area contributed by atoms with E-state index in [4.69, 9.17) is 10.2 Å². The minimum absolute atomic E-state index is 0.160. The average Bonchev–Trinajstić information content (AvgIpc) is 2.98. The predicted molar refractivity (Wildman–Crippen MR) is 168 cm³/mol. The fourth-order valence-corrected chi connectivity index (χ4v) is 5.72. The van der Waals surface area contributed by atoms with Crippen LogP contribution in [-0.4, -0.2) is 22.2 Å². The minimum Gasteiger partial charge on any atom is -0.478 e. The molecule has 0 saturated carbocycles. The van der Waals surface area contributed by atoms with Crippen molar-refractivity contribution in [3.05, 3.63) is 90.3 Å². The van der Waals surface area contributed by atoms with E-state index in [0.29, 0.717) is 9.79 Å². The molecule has 0 atom stereocenters. The first-order valence-electron chi connectivity index (χ1n) is 15.3. The van der Waals surface area contributed by atoms with Crippen molar-refractivity contribution in [3.8, 4) is 0 Å². The van der Waals surface area contributed by atoms with Crippen LogP contribution in [0.1, 0.15) is 118 Å². The van der Waals surface area contributed by atoms with Gasteiger partial charge in [-0.2, -0.15) is 0 Å². The molecule has 3 aromatic rings. The molecule has 0 aliphatic rings. The van der Waals surface area contributed by atoms with Crippen molar-refractivity contribution in [1.82, 2.24) is 0 Å². The summed E-state index contributed by atoms with van der Waals surface area (Å²) >= 11 is 1.14. The number of benzene rings is 2. The lowest BCUT2D eigenvalue weighted by Gasteiger charge is -2.07. The highest BCUT2D eigenvalue weighted by Gasteiger charge is 2.14. The van der Waals surface area contributed by atoms with Gasteiger partial charge in [0.1, 0.15) is 6.54 Å². The Hall–Kier alpha value is -3.12. The van der Waals surface area contributed by atoms with Gasteiger partial charge >= 0.3 is 11.9 Å². The summed E-state index contributed by atoms with van der Waals surface area (Å²) in [6, 6.07) is 19.3. The molecular formula is C35H48NO4S+. The fourth-order valence-electron chi connectivity index (χ4n) is 4.66. The molecule has 0 spiro atoms. The Morgan fingerprint density at radius 2 is 0.951 bits per heavy atom. The van der Waals surface area contributed by atoms with E-state index in [-0.39, 0.29) is 11.1 Å². The lowest BCUT2D eigenvalue weighted by Crippen LogP contribution is -2.32. The molecule has 0 amide bonds. The van der Waals surface area contributed by atoms with Crippen LogP contribution in [0.2, 0.25) is 0 Å². The van der Waals surface area contributed by atoms with Gasteiger partial charge in [-0.3, -0.25) is 0 Å². The van der Waals surface area contributed by atoms with Gasteiger partial charge in [0.15, 0.2) is 12.4 Å². The third-order valence-electron chi connectivity index (χ3n) is 7.00. The summed E-state index contributed by atoms with van der Waals surface area (Å²) in [7, 11) is 0. The molecule has 5 nitrogen and oxygen atoms in total. The highest BCUT2D eigenvalue weighted by atomic mass is 32.2. The maximum absolute atomic E-state index is 11.1. The first kappa shape index (κ1) is 34.1. The van der Waals surface area contributed by atoms with Gasteiger partial charge in [0.25, 0.3) is 0 Å². The molecule has 0 unspecified atom stereocenters. The van der Waals surface area contributed by atoms with Crippen LogP contribution in [0.3, 0.4) is 0 Å². The zero-order valence-electron chi connectivity index (χ0n) is 24.7. The van der Waals surface area contributed by atoms with E-state index >= 15 is 0 Å². The van der Waals surface area contributed by atoms with Crippen molar-refractivity contribution >= 4 is 23.7 Å². The highest BCUT2D eigenvalue weighted by molar-refractivity contribution is 7.99. The van der Waals surface area contributed by atoms with E-state index in [9.17, 15) is 9.59 Å². The molecule has 0 saturated heterocycles. The van der Waals surface area contributed by atoms with Crippen LogP contribution in [0.4, 0.5) is 0 Å². The van der Waals surface area contributed by atoms with Crippen LogP contribution >= 0.6 is 11.8 Å². The van der Waals surface area contributed by atoms with E-state index in [0.717, 1.165) is 11.8 Å². The van der Waals surface area contributed by atoms with Gasteiger partial charge < -0.3 is 10.2 Å². The highest BCUT2D eigenvalue weighted by Crippen LogP contribution is 2.32. The van der Waals surface area contributed by atoms with Crippen LogP contribution < -0.4 is 4.57 Å². The number of pyridine rings is 1. The number of aryl methyl sites for hydroxylation is 1. The smallest absolute Gasteiger partial charge is 0.336 e. The summed E-state index contributed by atoms with van der Waals surface area (Å²) in [5.74, 6) is -2.06. The molecule has 222 valence electrons. The van der Waals surface area contributed by atoms with Gasteiger partial charge in [0, 0.05) is 28.3 Å². The van der Waals surface area contributed by atoms with Crippen LogP contribution in [0, 0.1) is 0 Å². The number of carbonyl (C=O) groups is 2. The van der Waals surface area contributed by atoms with Crippen molar-refractivity contribution in [2.24, 2.45) is 0 Å². The third kappa shape index (κ3) is 14.9. The second-order valence-corrected chi connectivity index (χ2v) is 11.5. The van der Waals surface area contributed by atoms with Crippen LogP contribution in [-0.2, 0) is 6.54 Å². The molecule has 6 heteroatoms. The topological polar surface area (TPSA) is 78.5 Å². The van der Waals surface area contributed by atoms with Crippen LogP contribution in [0.5, 0.6) is 0 Å². The Morgan fingerprint density at radius 3 is 1.37 bits per heavy atom. The van der Waals surface area contributed by atoms with Gasteiger partial charge in [-0.25, -0.2) is 14.2 Å². The monoisotopic (exact) mass is 578 g/mol. The maximum Gasteiger partial charge on any atom is 0.336 e. The number of rotatable bonds is 19. The van der Waals surface area contributed by atoms with Crippen molar-refractivity contribution in [1.29, 1.82) is 0 Å². The molecule has 41 heavy (non-hydrogen) atoms. The van der Waals surface area contributed by atoms with Gasteiger partial charge in [0.2, 0.25) is 0 Å². The SMILES string of the molecule is CCCCCCCCCCCCCCCC[n+]1ccccc1.O=C(O)c1ccccc1Sc1ccccc1C(=O)O. The molecule has 3 rings (SSSR count). The Labute approximate surface area is 251 Å². The number of nitrogens with zero attached hydrogens (tertiary/aromatic N) is 1. The van der Waals surface area contributed by atoms with E-state index in [1.165, 1.54) is 109 Å². The first-order chi connectivity index (χ1) is 20.0. The first-order valence-corrected chi connectivity index (χ1v) is 16.1. The Morgan fingerprint density at radius 1 is 0.561 bits per heavy atom. The molecule has 0 radical (unpaired) electrons. The molecular weight excluding hydrogens is 530 g/mol. The van der Waals surface area contributed by atoms with Crippen LogP contribution in [0.15, 0.2) is 88.9 Å². The van der Waals surface area contributed by atoms with Gasteiger partial charge in [-0.15, -0.1) is 0 Å². The minimum atomic E-state index is -1.03. The zero-order chi connectivity index (χ0) is 29.5. The van der Waals surface area contributed by atoms with Gasteiger partial charge in [0.05, 0.1) is 11.1 Å². The van der Waals surface area contributed by atoms with E-state index in [1.807, 2.05) is 0 Å². The number of aromatic carboxylic acids is 2. The lowest BCUT2D eigenvalue weighted by molar-refractivity contribution is -0.697. The average molecular weight is 579 g/mol. The number of carboxylic acids is 2. The fraction of sp³-hybridized carbons (Fsp3) is 0.457. The number of hydrogen-bond donors (Lipinski definition) is 2. The quantitative estimate of drug-likeness (QED) is 0.109. The number of aromatic nitrogens is 1. The molecule has 0 aliphatic carbocycles. The molecule has 1 heterocycles. The van der Waals surface area contributed by atoms with Crippen molar-refractivity contribution in [2.45, 2.75) is 113 Å². The van der Waals surface area contributed by atoms with Crippen molar-refractivity contribution in [2.75, 3.05) is 0 Å². The van der Waals surface area contributed by atoms with E-state index in [2.05, 4.69) is 42.1 Å². The molecule has 0 fully saturated rings. The predicted octanol–water partition coefficient (Wildman–Crippen LogP) is 9.69. The molecule has 0 bridgehead atoms. The summed E-state index contributed by atoms with van der Waals surface area (Å²) in [6.07, 6.45) is 24.4. The summed E-state index contributed by atoms with van der Waals surface area (Å²) in [4.78, 5) is 23.2. The van der Waals surface area contributed by atoms with Crippen LogP contribution in [0.25, 0.3) is 0 Å². The summed E-state index contributed by atoms with van der Waals surface area (Å²) in [6.45, 7) is 3.47. The third-order valence-corrected chi connectivity index (χ3v) is 8.15. The summed E-state index contributed by atoms with van der Waals surface area (Å²) in [5.41, 5.74) is 0.320. The zero-order valence-corrected chi connectivity index (χ0v) is 25.5. The summed E-state index contributed by atoms with van der Waals surface area (Å²) < 4.78 is 2.29. The normalized spacial score (nSPS) is 10.6. The molecule has 1 aromatic heterocycles. The second kappa shape index (κ2) is 21.6. The summed E-state index contributed by atoms with van der Waals surface area (Å²) in [5, 5.41) is 18.2. The molecule has 2 aromatic carbocycles. The number of carboxylic acid groups (broad SMARTS) is 2. The Bertz CT molecular complexity index is 1080. The van der Waals surface area contributed by atoms with Gasteiger partial charge in [-0.1, -0.05) is 126 Å². The Kier molecular flexibility index (Phi) is 18.0. The molecule has 2 N–H and O–H groups in total. The van der Waals surface area contributed by atoms with Crippen molar-refractivity contribution < 1.29 is 24.4 Å². The standard InChI is InChI=1S/C21H38N.C14H10O4S/c1-2-3-4-5-6-7-8-9-10-11-12-13-14-16-19-22-20-17-15-18-21-22;15-13(16)9-5-1-3-7-11(9)19-12-8-4-2-6-10(12)14(17)18/h15,17-18,20-21H,2-14,16,19H2,1H3;1-8H,(H,15,16)(H,17,18)/q+1;. The van der Waals surface area contributed by atoms with E-state index < -0.39 is 11.9 Å². The Balaban J connectivity index is 0.000000289. The second-order valence-electron chi connectivity index (χ2n) is 10.4.